The summed E-state index contributed by atoms with van der Waals surface area (Å²) in [6.07, 6.45) is 0.449. The molecule has 160 valence electrons. The number of carbonyl (C=O) groups excluding carboxylic acids is 3. The van der Waals surface area contributed by atoms with E-state index >= 15 is 0 Å². The summed E-state index contributed by atoms with van der Waals surface area (Å²) in [5.41, 5.74) is 2.04. The maximum atomic E-state index is 12.4. The van der Waals surface area contributed by atoms with Gasteiger partial charge in [0.2, 0.25) is 11.8 Å². The largest absolute Gasteiger partial charge is 0.329 e. The Kier molecular flexibility index (Phi) is 5.55. The Bertz CT molecular complexity index is 1250. The molecule has 0 saturated carbocycles. The number of urea groups is 1. The summed E-state index contributed by atoms with van der Waals surface area (Å²) >= 11 is 1.47. The Hall–Kier alpha value is -3.53. The molecule has 0 unspecified atom stereocenters. The van der Waals surface area contributed by atoms with Gasteiger partial charge in [0, 0.05) is 23.4 Å². The summed E-state index contributed by atoms with van der Waals surface area (Å²) in [7, 11) is 0. The highest BCUT2D eigenvalue weighted by Crippen LogP contribution is 2.25. The van der Waals surface area contributed by atoms with Crippen molar-refractivity contribution < 1.29 is 14.4 Å². The molecule has 0 aliphatic carbocycles. The van der Waals surface area contributed by atoms with E-state index in [0.29, 0.717) is 28.1 Å². The zero-order valence-electron chi connectivity index (χ0n) is 17.1. The number of amides is 4. The van der Waals surface area contributed by atoms with Crippen LogP contribution in [0.2, 0.25) is 0 Å². The minimum absolute atomic E-state index is 0.00177. The van der Waals surface area contributed by atoms with Crippen LogP contribution in [0.4, 0.5) is 10.5 Å². The number of fused-ring (bicyclic) bond motifs is 1. The summed E-state index contributed by atoms with van der Waals surface area (Å²) < 4.78 is 0. The molecule has 3 N–H and O–H groups in total. The van der Waals surface area contributed by atoms with Gasteiger partial charge in [0.25, 0.3) is 5.56 Å². The first-order valence-corrected chi connectivity index (χ1v) is 10.6. The number of imide groups is 1. The van der Waals surface area contributed by atoms with Crippen LogP contribution >= 0.6 is 11.3 Å². The zero-order chi connectivity index (χ0) is 22.1. The lowest BCUT2D eigenvalue weighted by atomic mass is 10.2. The van der Waals surface area contributed by atoms with Gasteiger partial charge in [0.15, 0.2) is 0 Å². The highest BCUT2D eigenvalue weighted by molar-refractivity contribution is 7.18. The van der Waals surface area contributed by atoms with E-state index in [9.17, 15) is 19.2 Å². The molecule has 3 heterocycles. The number of aryl methyl sites for hydroxylation is 3. The number of hydrogen-bond donors (Lipinski definition) is 3. The first-order chi connectivity index (χ1) is 14.8. The molecule has 31 heavy (non-hydrogen) atoms. The van der Waals surface area contributed by atoms with Crippen LogP contribution in [0.3, 0.4) is 0 Å². The number of nitrogens with one attached hydrogen (secondary N) is 3. The van der Waals surface area contributed by atoms with Crippen molar-refractivity contribution in [3.8, 4) is 0 Å². The first-order valence-electron chi connectivity index (χ1n) is 9.77. The van der Waals surface area contributed by atoms with E-state index in [-0.39, 0.29) is 36.9 Å². The van der Waals surface area contributed by atoms with Gasteiger partial charge in [0.05, 0.1) is 18.5 Å². The number of carbonyl (C=O) groups is 3. The van der Waals surface area contributed by atoms with E-state index in [1.165, 1.54) is 11.3 Å². The summed E-state index contributed by atoms with van der Waals surface area (Å²) in [6, 6.07) is 6.56. The van der Waals surface area contributed by atoms with E-state index in [4.69, 9.17) is 0 Å². The number of anilines is 1. The van der Waals surface area contributed by atoms with E-state index < -0.39 is 6.03 Å². The summed E-state index contributed by atoms with van der Waals surface area (Å²) in [5, 5.41) is 5.89. The Morgan fingerprint density at radius 1 is 1.26 bits per heavy atom. The van der Waals surface area contributed by atoms with Crippen LogP contribution in [0, 0.1) is 13.8 Å². The van der Waals surface area contributed by atoms with Crippen LogP contribution < -0.4 is 16.2 Å². The minimum atomic E-state index is -0.422. The van der Waals surface area contributed by atoms with Crippen molar-refractivity contribution in [2.45, 2.75) is 33.2 Å². The Balaban J connectivity index is 1.39. The van der Waals surface area contributed by atoms with Gasteiger partial charge >= 0.3 is 6.03 Å². The third-order valence-electron chi connectivity index (χ3n) is 5.17. The van der Waals surface area contributed by atoms with Crippen molar-refractivity contribution in [2.24, 2.45) is 0 Å². The molecule has 1 aromatic carbocycles. The maximum absolute atomic E-state index is 12.4. The predicted molar refractivity (Wildman–Crippen MR) is 117 cm³/mol. The minimum Gasteiger partial charge on any atom is -0.329 e. The predicted octanol–water partition coefficient (Wildman–Crippen LogP) is 2.22. The van der Waals surface area contributed by atoms with Gasteiger partial charge in [-0.2, -0.15) is 0 Å². The first kappa shape index (κ1) is 20.7. The van der Waals surface area contributed by atoms with Crippen molar-refractivity contribution in [1.82, 2.24) is 20.2 Å². The van der Waals surface area contributed by atoms with E-state index in [1.807, 2.05) is 13.8 Å². The topological polar surface area (TPSA) is 124 Å². The number of nitrogens with zero attached hydrogens (tertiary/aromatic N) is 2. The number of aromatic amines is 1. The molecule has 1 aliphatic heterocycles. The van der Waals surface area contributed by atoms with E-state index in [1.54, 1.807) is 24.3 Å². The van der Waals surface area contributed by atoms with E-state index in [0.717, 1.165) is 20.9 Å². The monoisotopic (exact) mass is 439 g/mol. The second-order valence-electron chi connectivity index (χ2n) is 7.36. The number of thiophene rings is 1. The average Bonchev–Trinajstić information content (AvgIpc) is 3.19. The molecule has 0 radical (unpaired) electrons. The SMILES string of the molecule is Cc1sc2nc(CCC(=O)Nc3cccc(CN4C(=O)CNC4=O)c3)[nH]c(=O)c2c1C. The Morgan fingerprint density at radius 3 is 2.81 bits per heavy atom. The lowest BCUT2D eigenvalue weighted by Crippen LogP contribution is -2.30. The fourth-order valence-electron chi connectivity index (χ4n) is 3.42. The van der Waals surface area contributed by atoms with Crippen molar-refractivity contribution in [3.05, 3.63) is 56.4 Å². The number of aromatic nitrogens is 2. The lowest BCUT2D eigenvalue weighted by molar-refractivity contribution is -0.125. The van der Waals surface area contributed by atoms with Gasteiger partial charge in [-0.1, -0.05) is 12.1 Å². The van der Waals surface area contributed by atoms with Crippen LogP contribution in [-0.4, -0.2) is 39.3 Å². The Labute approximate surface area is 181 Å². The fourth-order valence-corrected chi connectivity index (χ4v) is 4.47. The molecule has 1 fully saturated rings. The van der Waals surface area contributed by atoms with Gasteiger partial charge in [-0.25, -0.2) is 9.78 Å². The second-order valence-corrected chi connectivity index (χ2v) is 8.57. The Morgan fingerprint density at radius 2 is 2.06 bits per heavy atom. The molecule has 1 saturated heterocycles. The van der Waals surface area contributed by atoms with Gasteiger partial charge in [0.1, 0.15) is 10.7 Å². The molecular formula is C21H21N5O4S. The standard InChI is InChI=1S/C21H21N5O4S/c1-11-12(2)31-20-18(11)19(29)24-15(25-20)6-7-16(27)23-14-5-3-4-13(8-14)10-26-17(28)9-22-21(26)30/h3-5,8H,6-7,9-10H2,1-2H3,(H,22,30)(H,23,27)(H,24,25,29). The molecule has 0 spiro atoms. The van der Waals surface area contributed by atoms with Crippen molar-refractivity contribution in [1.29, 1.82) is 0 Å². The highest BCUT2D eigenvalue weighted by atomic mass is 32.1. The summed E-state index contributed by atoms with van der Waals surface area (Å²) in [4.78, 5) is 58.3. The van der Waals surface area contributed by atoms with Crippen LogP contribution in [0.1, 0.15) is 28.2 Å². The molecule has 4 amide bonds. The fraction of sp³-hybridized carbons (Fsp3) is 0.286. The number of rotatable bonds is 6. The second kappa shape index (κ2) is 8.31. The molecule has 2 aromatic heterocycles. The molecule has 0 atom stereocenters. The molecule has 10 heteroatoms. The third-order valence-corrected chi connectivity index (χ3v) is 6.27. The number of benzene rings is 1. The van der Waals surface area contributed by atoms with Gasteiger partial charge in [-0.05, 0) is 37.1 Å². The summed E-state index contributed by atoms with van der Waals surface area (Å²) in [6.45, 7) is 3.99. The highest BCUT2D eigenvalue weighted by Gasteiger charge is 2.28. The van der Waals surface area contributed by atoms with Gasteiger partial charge < -0.3 is 15.6 Å². The van der Waals surface area contributed by atoms with Crippen LogP contribution in [0.25, 0.3) is 10.2 Å². The molecule has 3 aromatic rings. The average molecular weight is 439 g/mol. The summed E-state index contributed by atoms with van der Waals surface area (Å²) in [5.74, 6) is -0.0383. The van der Waals surface area contributed by atoms with Crippen molar-refractivity contribution >= 4 is 45.1 Å². The van der Waals surface area contributed by atoms with E-state index in [2.05, 4.69) is 20.6 Å². The molecule has 0 bridgehead atoms. The molecule has 9 nitrogen and oxygen atoms in total. The van der Waals surface area contributed by atoms with Crippen LogP contribution in [-0.2, 0) is 22.6 Å². The quantitative estimate of drug-likeness (QED) is 0.508. The molecule has 4 rings (SSSR count). The number of H-pyrrole nitrogens is 1. The number of hydrogen-bond acceptors (Lipinski definition) is 6. The van der Waals surface area contributed by atoms with Crippen molar-refractivity contribution in [3.63, 3.8) is 0 Å². The zero-order valence-corrected chi connectivity index (χ0v) is 17.9. The maximum Gasteiger partial charge on any atom is 0.324 e. The van der Waals surface area contributed by atoms with Crippen LogP contribution in [0.5, 0.6) is 0 Å². The molecular weight excluding hydrogens is 418 g/mol. The van der Waals surface area contributed by atoms with Crippen molar-refractivity contribution in [2.75, 3.05) is 11.9 Å². The molecule has 1 aliphatic rings. The normalized spacial score (nSPS) is 13.7. The smallest absolute Gasteiger partial charge is 0.324 e. The van der Waals surface area contributed by atoms with Gasteiger partial charge in [-0.15, -0.1) is 11.3 Å². The van der Waals surface area contributed by atoms with Crippen LogP contribution in [0.15, 0.2) is 29.1 Å². The lowest BCUT2D eigenvalue weighted by Gasteiger charge is -2.13. The van der Waals surface area contributed by atoms with Gasteiger partial charge in [-0.3, -0.25) is 19.3 Å². The third kappa shape index (κ3) is 4.33.